The third-order valence-corrected chi connectivity index (χ3v) is 7.58. The van der Waals surface area contributed by atoms with Gasteiger partial charge in [-0.25, -0.2) is 4.39 Å². The lowest BCUT2D eigenvalue weighted by atomic mass is 9.84. The lowest BCUT2D eigenvalue weighted by Gasteiger charge is -2.40. The summed E-state index contributed by atoms with van der Waals surface area (Å²) in [5.41, 5.74) is 6.72. The Kier molecular flexibility index (Phi) is 7.39. The van der Waals surface area contributed by atoms with Gasteiger partial charge in [0.15, 0.2) is 0 Å². The van der Waals surface area contributed by atoms with E-state index in [4.69, 9.17) is 0 Å². The molecule has 3 heterocycles. The van der Waals surface area contributed by atoms with Gasteiger partial charge in [0.2, 0.25) is 0 Å². The van der Waals surface area contributed by atoms with Crippen LogP contribution in [0.15, 0.2) is 61.1 Å². The predicted octanol–water partition coefficient (Wildman–Crippen LogP) is 4.77. The molecule has 36 heavy (non-hydrogen) atoms. The molecule has 1 aliphatic rings. The summed E-state index contributed by atoms with van der Waals surface area (Å²) in [6, 6.07) is 13.8. The molecule has 1 saturated heterocycles. The van der Waals surface area contributed by atoms with Gasteiger partial charge in [-0.3, -0.25) is 24.4 Å². The minimum atomic E-state index is -0.178. The van der Waals surface area contributed by atoms with Crippen molar-refractivity contribution >= 4 is 11.0 Å². The summed E-state index contributed by atoms with van der Waals surface area (Å²) in [5.74, 6) is 0.401. The molecular weight excluding hydrogens is 451 g/mol. The van der Waals surface area contributed by atoms with Gasteiger partial charge in [-0.05, 0) is 87.6 Å². The van der Waals surface area contributed by atoms with E-state index < -0.39 is 0 Å². The highest BCUT2D eigenvalue weighted by atomic mass is 19.1. The standard InChI is InChI=1S/C29H35FN6/c1-21-25(20-35(3)33-21)19-34(2)29(17-22-4-7-26(30)8-5-22)24-10-14-36(15-11-24)18-23-6-9-27-28(16-23)32-13-12-31-27/h4-9,12-13,16,20,24,29H,10-11,14-15,17-19H2,1-3H3. The van der Waals surface area contributed by atoms with E-state index in [2.05, 4.69) is 63.2 Å². The lowest BCUT2D eigenvalue weighted by molar-refractivity contribution is 0.0953. The SMILES string of the molecule is Cc1nn(C)cc1CN(C)C(Cc1ccc(F)cc1)C1CCN(Cc2ccc3nccnc3c2)CC1. The fourth-order valence-electron chi connectivity index (χ4n) is 5.60. The summed E-state index contributed by atoms with van der Waals surface area (Å²) in [4.78, 5) is 13.9. The predicted molar refractivity (Wildman–Crippen MR) is 141 cm³/mol. The Morgan fingerprint density at radius 1 is 1.00 bits per heavy atom. The lowest BCUT2D eigenvalue weighted by Crippen LogP contribution is -2.45. The van der Waals surface area contributed by atoms with Gasteiger partial charge in [-0.15, -0.1) is 0 Å². The van der Waals surface area contributed by atoms with Crippen LogP contribution >= 0.6 is 0 Å². The van der Waals surface area contributed by atoms with E-state index in [1.165, 1.54) is 16.7 Å². The zero-order valence-electron chi connectivity index (χ0n) is 21.4. The van der Waals surface area contributed by atoms with Crippen LogP contribution in [0.2, 0.25) is 0 Å². The molecule has 0 N–H and O–H groups in total. The summed E-state index contributed by atoms with van der Waals surface area (Å²) in [7, 11) is 4.20. The minimum absolute atomic E-state index is 0.178. The first kappa shape index (κ1) is 24.5. The van der Waals surface area contributed by atoms with Crippen molar-refractivity contribution in [2.24, 2.45) is 13.0 Å². The van der Waals surface area contributed by atoms with E-state index in [0.717, 1.165) is 62.2 Å². The van der Waals surface area contributed by atoms with Crippen molar-refractivity contribution in [2.45, 2.75) is 45.3 Å². The highest BCUT2D eigenvalue weighted by molar-refractivity contribution is 5.74. The second kappa shape index (κ2) is 10.8. The molecule has 0 saturated carbocycles. The highest BCUT2D eigenvalue weighted by Gasteiger charge is 2.30. The Balaban J connectivity index is 1.26. The molecule has 0 aliphatic carbocycles. The minimum Gasteiger partial charge on any atom is -0.299 e. The summed E-state index contributed by atoms with van der Waals surface area (Å²) in [5, 5.41) is 4.53. The van der Waals surface area contributed by atoms with Crippen molar-refractivity contribution in [1.82, 2.24) is 29.5 Å². The molecule has 2 aromatic carbocycles. The average molecular weight is 487 g/mol. The van der Waals surface area contributed by atoms with Crippen LogP contribution in [0.3, 0.4) is 0 Å². The van der Waals surface area contributed by atoms with E-state index in [-0.39, 0.29) is 5.82 Å². The van der Waals surface area contributed by atoms with E-state index in [1.54, 1.807) is 24.5 Å². The van der Waals surface area contributed by atoms with Gasteiger partial charge in [-0.1, -0.05) is 18.2 Å². The van der Waals surface area contributed by atoms with Gasteiger partial charge in [0, 0.05) is 50.3 Å². The molecule has 0 radical (unpaired) electrons. The van der Waals surface area contributed by atoms with Gasteiger partial charge in [0.05, 0.1) is 16.7 Å². The van der Waals surface area contributed by atoms with Crippen LogP contribution in [0.1, 0.15) is 35.2 Å². The Bertz CT molecular complexity index is 1290. The highest BCUT2D eigenvalue weighted by Crippen LogP contribution is 2.28. The maximum absolute atomic E-state index is 13.5. The van der Waals surface area contributed by atoms with Crippen molar-refractivity contribution in [1.29, 1.82) is 0 Å². The van der Waals surface area contributed by atoms with Crippen LogP contribution in [-0.2, 0) is 26.6 Å². The number of hydrogen-bond donors (Lipinski definition) is 0. The number of rotatable bonds is 8. The normalized spacial score (nSPS) is 16.1. The van der Waals surface area contributed by atoms with Gasteiger partial charge >= 0.3 is 0 Å². The first-order valence-electron chi connectivity index (χ1n) is 12.8. The van der Waals surface area contributed by atoms with Crippen LogP contribution in [0.25, 0.3) is 11.0 Å². The maximum Gasteiger partial charge on any atom is 0.123 e. The number of aryl methyl sites for hydroxylation is 2. The molecule has 1 aliphatic heterocycles. The third-order valence-electron chi connectivity index (χ3n) is 7.58. The number of aromatic nitrogens is 4. The van der Waals surface area contributed by atoms with Gasteiger partial charge in [0.25, 0.3) is 0 Å². The van der Waals surface area contributed by atoms with Crippen molar-refractivity contribution in [2.75, 3.05) is 20.1 Å². The van der Waals surface area contributed by atoms with Crippen molar-refractivity contribution in [3.63, 3.8) is 0 Å². The second-order valence-corrected chi connectivity index (χ2v) is 10.2. The maximum atomic E-state index is 13.5. The molecule has 5 rings (SSSR count). The van der Waals surface area contributed by atoms with Crippen molar-refractivity contribution in [3.05, 3.63) is 89.3 Å². The molecule has 4 aromatic rings. The zero-order chi connectivity index (χ0) is 25.1. The Labute approximate surface area is 212 Å². The Morgan fingerprint density at radius 2 is 1.69 bits per heavy atom. The molecule has 0 bridgehead atoms. The molecule has 1 unspecified atom stereocenters. The average Bonchev–Trinajstić information content (AvgIpc) is 3.20. The van der Waals surface area contributed by atoms with Crippen LogP contribution < -0.4 is 0 Å². The van der Waals surface area contributed by atoms with E-state index >= 15 is 0 Å². The number of benzene rings is 2. The quantitative estimate of drug-likeness (QED) is 0.359. The smallest absolute Gasteiger partial charge is 0.123 e. The number of fused-ring (bicyclic) bond motifs is 1. The Hall–Kier alpha value is -3.16. The first-order valence-corrected chi connectivity index (χ1v) is 12.8. The first-order chi connectivity index (χ1) is 17.4. The molecule has 1 fully saturated rings. The van der Waals surface area contributed by atoms with E-state index in [1.807, 2.05) is 23.9 Å². The zero-order valence-corrected chi connectivity index (χ0v) is 21.4. The number of likely N-dealkylation sites (N-methyl/N-ethyl adjacent to an activating group) is 1. The van der Waals surface area contributed by atoms with Gasteiger partial charge < -0.3 is 0 Å². The number of nitrogens with zero attached hydrogens (tertiary/aromatic N) is 6. The summed E-state index contributed by atoms with van der Waals surface area (Å²) in [6.45, 7) is 6.02. The fraction of sp³-hybridized carbons (Fsp3) is 0.414. The van der Waals surface area contributed by atoms with Crippen LogP contribution in [0.5, 0.6) is 0 Å². The van der Waals surface area contributed by atoms with Crippen LogP contribution in [-0.4, -0.2) is 55.7 Å². The van der Waals surface area contributed by atoms with E-state index in [9.17, 15) is 4.39 Å². The topological polar surface area (TPSA) is 50.1 Å². The number of hydrogen-bond acceptors (Lipinski definition) is 5. The molecule has 0 amide bonds. The molecular formula is C29H35FN6. The summed E-state index contributed by atoms with van der Waals surface area (Å²) < 4.78 is 15.4. The molecule has 0 spiro atoms. The summed E-state index contributed by atoms with van der Waals surface area (Å²) >= 11 is 0. The van der Waals surface area contributed by atoms with E-state index in [0.29, 0.717) is 12.0 Å². The molecule has 6 nitrogen and oxygen atoms in total. The van der Waals surface area contributed by atoms with Gasteiger partial charge in [-0.2, -0.15) is 5.10 Å². The number of halogens is 1. The number of piperidine rings is 1. The molecule has 1 atom stereocenters. The Morgan fingerprint density at radius 3 is 2.39 bits per heavy atom. The molecule has 188 valence electrons. The fourth-order valence-corrected chi connectivity index (χ4v) is 5.60. The second-order valence-electron chi connectivity index (χ2n) is 10.2. The van der Waals surface area contributed by atoms with Crippen molar-refractivity contribution in [3.8, 4) is 0 Å². The molecule has 7 heteroatoms. The van der Waals surface area contributed by atoms with Crippen LogP contribution in [0.4, 0.5) is 4.39 Å². The molecule has 2 aromatic heterocycles. The largest absolute Gasteiger partial charge is 0.299 e. The summed E-state index contributed by atoms with van der Waals surface area (Å²) in [6.07, 6.45) is 8.83. The number of likely N-dealkylation sites (tertiary alicyclic amines) is 1. The van der Waals surface area contributed by atoms with Crippen LogP contribution in [0, 0.1) is 18.7 Å². The van der Waals surface area contributed by atoms with Crippen molar-refractivity contribution < 1.29 is 4.39 Å². The van der Waals surface area contributed by atoms with Gasteiger partial charge in [0.1, 0.15) is 5.82 Å². The monoisotopic (exact) mass is 486 g/mol. The third kappa shape index (κ3) is 5.79.